The Morgan fingerprint density at radius 1 is 1.15 bits per heavy atom. The lowest BCUT2D eigenvalue weighted by Crippen LogP contribution is -2.12. The van der Waals surface area contributed by atoms with E-state index in [2.05, 4.69) is 15.5 Å². The predicted molar refractivity (Wildman–Crippen MR) is 79.5 cm³/mol. The minimum Gasteiger partial charge on any atom is -0.321 e. The molecule has 0 spiro atoms. The van der Waals surface area contributed by atoms with Crippen molar-refractivity contribution in [1.29, 1.82) is 0 Å². The minimum atomic E-state index is -0.110. The average molecular weight is 286 g/mol. The normalized spacial score (nSPS) is 10.9. The molecule has 3 aromatic rings. The van der Waals surface area contributed by atoms with E-state index in [9.17, 15) is 4.79 Å². The van der Waals surface area contributed by atoms with Crippen molar-refractivity contribution in [2.75, 3.05) is 5.32 Å². The zero-order valence-electron chi connectivity index (χ0n) is 11.5. The van der Waals surface area contributed by atoms with Crippen LogP contribution in [0.3, 0.4) is 0 Å². The number of carbonyl (C=O) groups is 1. The molecule has 2 aromatic heterocycles. The number of nitrogens with zero attached hydrogens (tertiary/aromatic N) is 3. The molecule has 1 amide bonds. The van der Waals surface area contributed by atoms with E-state index in [0.717, 1.165) is 27.7 Å². The van der Waals surface area contributed by atoms with E-state index >= 15 is 0 Å². The van der Waals surface area contributed by atoms with Crippen molar-refractivity contribution in [3.05, 3.63) is 46.2 Å². The molecule has 0 atom stereocenters. The topological polar surface area (TPSA) is 59.3 Å². The summed E-state index contributed by atoms with van der Waals surface area (Å²) in [5, 5.41) is 11.0. The van der Waals surface area contributed by atoms with Gasteiger partial charge in [0.1, 0.15) is 10.7 Å². The zero-order valence-corrected chi connectivity index (χ0v) is 12.3. The van der Waals surface area contributed by atoms with Gasteiger partial charge in [0.05, 0.1) is 0 Å². The Balaban J connectivity index is 1.92. The molecule has 0 radical (unpaired) electrons. The van der Waals surface area contributed by atoms with E-state index in [-0.39, 0.29) is 5.91 Å². The van der Waals surface area contributed by atoms with Crippen LogP contribution in [0.5, 0.6) is 0 Å². The molecule has 102 valence electrons. The molecule has 0 aliphatic rings. The van der Waals surface area contributed by atoms with Gasteiger partial charge < -0.3 is 5.32 Å². The van der Waals surface area contributed by atoms with Crippen LogP contribution in [-0.4, -0.2) is 20.5 Å². The lowest BCUT2D eigenvalue weighted by Gasteiger charge is -2.04. The maximum absolute atomic E-state index is 12.3. The Bertz CT molecular complexity index is 785. The lowest BCUT2D eigenvalue weighted by molar-refractivity contribution is 0.102. The fraction of sp³-hybridized carbons (Fsp3) is 0.214. The maximum atomic E-state index is 12.3. The Kier molecular flexibility index (Phi) is 3.02. The molecule has 5 nitrogen and oxygen atoms in total. The van der Waals surface area contributed by atoms with Gasteiger partial charge in [-0.3, -0.25) is 9.20 Å². The highest BCUT2D eigenvalue weighted by molar-refractivity contribution is 7.19. The number of hydrogen-bond acceptors (Lipinski definition) is 4. The van der Waals surface area contributed by atoms with Gasteiger partial charge in [-0.1, -0.05) is 29.0 Å². The third-order valence-electron chi connectivity index (χ3n) is 3.17. The molecule has 0 fully saturated rings. The molecular formula is C14H14N4OS. The largest absolute Gasteiger partial charge is 0.321 e. The van der Waals surface area contributed by atoms with Crippen LogP contribution in [0.2, 0.25) is 0 Å². The van der Waals surface area contributed by atoms with Crippen molar-refractivity contribution in [3.63, 3.8) is 0 Å². The number of amides is 1. The molecule has 0 saturated carbocycles. The summed E-state index contributed by atoms with van der Waals surface area (Å²) in [5.74, 6) is 0.685. The van der Waals surface area contributed by atoms with Crippen LogP contribution in [0.15, 0.2) is 24.3 Å². The molecule has 1 aromatic carbocycles. The molecule has 0 bridgehead atoms. The average Bonchev–Trinajstić information content (AvgIpc) is 2.94. The standard InChI is InChI=1S/C14H14N4OS/c1-8-4-6-11(7-5-8)15-13(19)12-9(2)18-10(3)16-17-14(18)20-12/h4-7H,1-3H3,(H,15,19). The van der Waals surface area contributed by atoms with Crippen molar-refractivity contribution < 1.29 is 4.79 Å². The number of aromatic nitrogens is 3. The molecule has 0 saturated heterocycles. The Labute approximate surface area is 120 Å². The number of rotatable bonds is 2. The van der Waals surface area contributed by atoms with E-state index in [1.54, 1.807) is 0 Å². The highest BCUT2D eigenvalue weighted by atomic mass is 32.1. The number of fused-ring (bicyclic) bond motifs is 1. The first-order chi connectivity index (χ1) is 9.56. The number of thiazole rings is 1. The number of nitrogens with one attached hydrogen (secondary N) is 1. The molecule has 2 heterocycles. The van der Waals surface area contributed by atoms with E-state index in [1.165, 1.54) is 11.3 Å². The van der Waals surface area contributed by atoms with Crippen molar-refractivity contribution in [3.8, 4) is 0 Å². The van der Waals surface area contributed by atoms with Crippen LogP contribution in [0.4, 0.5) is 5.69 Å². The summed E-state index contributed by atoms with van der Waals surface area (Å²) in [6, 6.07) is 7.73. The van der Waals surface area contributed by atoms with Crippen LogP contribution in [0.25, 0.3) is 4.96 Å². The van der Waals surface area contributed by atoms with Gasteiger partial charge in [-0.25, -0.2) is 0 Å². The van der Waals surface area contributed by atoms with Gasteiger partial charge in [-0.05, 0) is 32.9 Å². The van der Waals surface area contributed by atoms with Gasteiger partial charge >= 0.3 is 0 Å². The first kappa shape index (κ1) is 12.8. The summed E-state index contributed by atoms with van der Waals surface area (Å²) in [4.78, 5) is 13.7. The second-order valence-electron chi connectivity index (χ2n) is 4.70. The predicted octanol–water partition coefficient (Wildman–Crippen LogP) is 2.97. The van der Waals surface area contributed by atoms with Crippen LogP contribution in [0, 0.1) is 20.8 Å². The summed E-state index contributed by atoms with van der Waals surface area (Å²) >= 11 is 1.35. The van der Waals surface area contributed by atoms with E-state index in [4.69, 9.17) is 0 Å². The molecule has 0 aliphatic heterocycles. The Morgan fingerprint density at radius 3 is 2.50 bits per heavy atom. The first-order valence-electron chi connectivity index (χ1n) is 6.25. The third kappa shape index (κ3) is 2.08. The lowest BCUT2D eigenvalue weighted by atomic mass is 10.2. The monoisotopic (exact) mass is 286 g/mol. The van der Waals surface area contributed by atoms with E-state index in [1.807, 2.05) is 49.4 Å². The highest BCUT2D eigenvalue weighted by Crippen LogP contribution is 2.23. The Hall–Kier alpha value is -2.21. The van der Waals surface area contributed by atoms with Gasteiger partial charge in [0.15, 0.2) is 0 Å². The fourth-order valence-corrected chi connectivity index (χ4v) is 3.10. The fourth-order valence-electron chi connectivity index (χ4n) is 2.10. The maximum Gasteiger partial charge on any atom is 0.267 e. The van der Waals surface area contributed by atoms with E-state index < -0.39 is 0 Å². The first-order valence-corrected chi connectivity index (χ1v) is 7.07. The van der Waals surface area contributed by atoms with Crippen LogP contribution >= 0.6 is 11.3 Å². The molecule has 0 aliphatic carbocycles. The molecular weight excluding hydrogens is 272 g/mol. The van der Waals surface area contributed by atoms with Crippen molar-refractivity contribution in [2.45, 2.75) is 20.8 Å². The van der Waals surface area contributed by atoms with E-state index in [0.29, 0.717) is 4.88 Å². The number of hydrogen-bond donors (Lipinski definition) is 1. The summed E-state index contributed by atoms with van der Waals surface area (Å²) in [7, 11) is 0. The van der Waals surface area contributed by atoms with Crippen molar-refractivity contribution in [2.24, 2.45) is 0 Å². The molecule has 6 heteroatoms. The van der Waals surface area contributed by atoms with Crippen molar-refractivity contribution in [1.82, 2.24) is 14.6 Å². The third-order valence-corrected chi connectivity index (χ3v) is 4.30. The highest BCUT2D eigenvalue weighted by Gasteiger charge is 2.18. The van der Waals surface area contributed by atoms with Crippen LogP contribution < -0.4 is 5.32 Å². The number of carbonyl (C=O) groups excluding carboxylic acids is 1. The van der Waals surface area contributed by atoms with Gasteiger partial charge in [-0.2, -0.15) is 0 Å². The molecule has 1 N–H and O–H groups in total. The molecule has 20 heavy (non-hydrogen) atoms. The van der Waals surface area contributed by atoms with Gasteiger partial charge in [0.25, 0.3) is 5.91 Å². The van der Waals surface area contributed by atoms with Crippen LogP contribution in [0.1, 0.15) is 26.8 Å². The van der Waals surface area contributed by atoms with Gasteiger partial charge in [-0.15, -0.1) is 10.2 Å². The van der Waals surface area contributed by atoms with Gasteiger partial charge in [0, 0.05) is 11.4 Å². The zero-order chi connectivity index (χ0) is 14.3. The van der Waals surface area contributed by atoms with Crippen LogP contribution in [-0.2, 0) is 0 Å². The smallest absolute Gasteiger partial charge is 0.267 e. The molecule has 0 unspecified atom stereocenters. The summed E-state index contributed by atoms with van der Waals surface area (Å²) in [5.41, 5.74) is 2.83. The summed E-state index contributed by atoms with van der Waals surface area (Å²) in [6.07, 6.45) is 0. The summed E-state index contributed by atoms with van der Waals surface area (Å²) < 4.78 is 1.90. The number of anilines is 1. The second kappa shape index (κ2) is 4.72. The van der Waals surface area contributed by atoms with Gasteiger partial charge in [0.2, 0.25) is 4.96 Å². The quantitative estimate of drug-likeness (QED) is 0.788. The SMILES string of the molecule is Cc1ccc(NC(=O)c2sc3nnc(C)n3c2C)cc1. The Morgan fingerprint density at radius 2 is 1.85 bits per heavy atom. The minimum absolute atomic E-state index is 0.110. The second-order valence-corrected chi connectivity index (χ2v) is 5.68. The molecule has 3 rings (SSSR count). The number of benzene rings is 1. The number of aryl methyl sites for hydroxylation is 3. The van der Waals surface area contributed by atoms with Crippen molar-refractivity contribution >= 4 is 27.9 Å². The summed E-state index contributed by atoms with van der Waals surface area (Å²) in [6.45, 7) is 5.80.